The van der Waals surface area contributed by atoms with Crippen LogP contribution >= 0.6 is 0 Å². The van der Waals surface area contributed by atoms with Gasteiger partial charge in [-0.05, 0) is 62.0 Å². The molecule has 4 heterocycles. The Kier molecular flexibility index (Phi) is 6.87. The Morgan fingerprint density at radius 1 is 1.28 bits per heavy atom. The molecule has 3 aliphatic rings. The number of aryl methyl sites for hydroxylation is 1. The van der Waals surface area contributed by atoms with Crippen LogP contribution in [-0.4, -0.2) is 64.6 Å². The molecule has 2 aromatic heterocycles. The minimum Gasteiger partial charge on any atom is -0.477 e. The summed E-state index contributed by atoms with van der Waals surface area (Å²) in [5.41, 5.74) is 1.57. The maximum absolute atomic E-state index is 13.0. The van der Waals surface area contributed by atoms with Gasteiger partial charge in [-0.1, -0.05) is 19.0 Å². The number of hydrogen-bond acceptors (Lipinski definition) is 7. The van der Waals surface area contributed by atoms with Crippen LogP contribution in [0.2, 0.25) is 0 Å². The van der Waals surface area contributed by atoms with Gasteiger partial charge in [0.05, 0.1) is 26.1 Å². The number of nitrogens with zero attached hydrogens (tertiary/aromatic N) is 5. The van der Waals surface area contributed by atoms with Crippen LogP contribution in [0.3, 0.4) is 0 Å². The molecule has 0 N–H and O–H groups in total. The first kappa shape index (κ1) is 24.9. The number of alkyl halides is 2. The zero-order valence-electron chi connectivity index (χ0n) is 21.3. The summed E-state index contributed by atoms with van der Waals surface area (Å²) in [6.07, 6.45) is 6.26. The lowest BCUT2D eigenvalue weighted by Gasteiger charge is -2.38. The summed E-state index contributed by atoms with van der Waals surface area (Å²) in [6.45, 7) is 7.59. The molecule has 196 valence electrons. The normalized spacial score (nSPS) is 23.6. The van der Waals surface area contributed by atoms with E-state index < -0.39 is 19.0 Å². The second-order valence-electron chi connectivity index (χ2n) is 11.0. The van der Waals surface area contributed by atoms with Crippen LogP contribution in [-0.2, 0) is 11.2 Å². The minimum atomic E-state index is -2.74. The van der Waals surface area contributed by atoms with E-state index in [1.165, 1.54) is 11.3 Å². The number of halogens is 2. The van der Waals surface area contributed by atoms with Crippen molar-refractivity contribution < 1.29 is 22.8 Å². The van der Waals surface area contributed by atoms with E-state index in [2.05, 4.69) is 33.9 Å². The first-order valence-corrected chi connectivity index (χ1v) is 13.0. The van der Waals surface area contributed by atoms with E-state index in [4.69, 9.17) is 9.26 Å². The number of anilines is 1. The van der Waals surface area contributed by atoms with Gasteiger partial charge < -0.3 is 19.1 Å². The largest absolute Gasteiger partial charge is 0.477 e. The predicted molar refractivity (Wildman–Crippen MR) is 129 cm³/mol. The molecule has 1 amide bonds. The SMILES string of the molecule is Cc1cc(CC(=O)N2CC(F)(F)C2)cnc1OCCC1CC1C1CCN(c2nc(C(C)C)no2)CC1. The summed E-state index contributed by atoms with van der Waals surface area (Å²) in [4.78, 5) is 24.4. The van der Waals surface area contributed by atoms with Crippen molar-refractivity contribution in [3.05, 3.63) is 29.2 Å². The molecule has 2 saturated heterocycles. The molecular formula is C26H35F2N5O3. The molecule has 2 aromatic rings. The zero-order valence-corrected chi connectivity index (χ0v) is 21.3. The van der Waals surface area contributed by atoms with Crippen molar-refractivity contribution in [1.29, 1.82) is 0 Å². The standard InChI is InChI=1S/C26H35F2N5O3/c1-16(2)23-30-25(36-31-23)32-7-4-19(5-8-32)21-12-20(21)6-9-35-24-17(3)10-18(13-29-24)11-22(34)33-14-26(27,28)15-33/h10,13,16,19-21H,4-9,11-12,14-15H2,1-3H3. The fourth-order valence-electron chi connectivity index (χ4n) is 5.44. The molecule has 0 spiro atoms. The Morgan fingerprint density at radius 2 is 2.03 bits per heavy atom. The number of amides is 1. The monoisotopic (exact) mass is 503 g/mol. The van der Waals surface area contributed by atoms with Gasteiger partial charge in [-0.3, -0.25) is 4.79 Å². The fraction of sp³-hybridized carbons (Fsp3) is 0.692. The van der Waals surface area contributed by atoms with E-state index >= 15 is 0 Å². The van der Waals surface area contributed by atoms with E-state index in [1.54, 1.807) is 6.20 Å². The third-order valence-corrected chi connectivity index (χ3v) is 7.71. The summed E-state index contributed by atoms with van der Waals surface area (Å²) < 4.78 is 37.4. The molecular weight excluding hydrogens is 468 g/mol. The van der Waals surface area contributed by atoms with Crippen molar-refractivity contribution in [2.24, 2.45) is 17.8 Å². The number of carbonyl (C=O) groups is 1. The first-order valence-electron chi connectivity index (χ1n) is 13.0. The van der Waals surface area contributed by atoms with Gasteiger partial charge in [-0.25, -0.2) is 13.8 Å². The topological polar surface area (TPSA) is 84.6 Å². The summed E-state index contributed by atoms with van der Waals surface area (Å²) in [5, 5.41) is 4.08. The number of likely N-dealkylation sites (tertiary alicyclic amines) is 1. The molecule has 3 fully saturated rings. The van der Waals surface area contributed by atoms with Crippen LogP contribution in [0.25, 0.3) is 0 Å². The number of pyridine rings is 1. The fourth-order valence-corrected chi connectivity index (χ4v) is 5.44. The molecule has 8 nitrogen and oxygen atoms in total. The predicted octanol–water partition coefficient (Wildman–Crippen LogP) is 4.24. The van der Waals surface area contributed by atoms with Crippen molar-refractivity contribution in [3.8, 4) is 5.88 Å². The van der Waals surface area contributed by atoms with Crippen LogP contribution < -0.4 is 9.64 Å². The Balaban J connectivity index is 1.01. The van der Waals surface area contributed by atoms with E-state index in [9.17, 15) is 13.6 Å². The summed E-state index contributed by atoms with van der Waals surface area (Å²) >= 11 is 0. The molecule has 36 heavy (non-hydrogen) atoms. The Hall–Kier alpha value is -2.78. The van der Waals surface area contributed by atoms with Gasteiger partial charge in [-0.15, -0.1) is 0 Å². The highest BCUT2D eigenvalue weighted by atomic mass is 19.3. The van der Waals surface area contributed by atoms with Gasteiger partial charge in [0.15, 0.2) is 5.82 Å². The Labute approximate surface area is 210 Å². The van der Waals surface area contributed by atoms with Crippen LogP contribution in [0.5, 0.6) is 5.88 Å². The van der Waals surface area contributed by atoms with Crippen molar-refractivity contribution in [3.63, 3.8) is 0 Å². The lowest BCUT2D eigenvalue weighted by Crippen LogP contribution is -2.58. The highest BCUT2D eigenvalue weighted by Crippen LogP contribution is 2.50. The number of rotatable bonds is 9. The minimum absolute atomic E-state index is 0.0815. The second-order valence-corrected chi connectivity index (χ2v) is 11.0. The molecule has 0 bridgehead atoms. The average molecular weight is 504 g/mol. The third kappa shape index (κ3) is 5.62. The quantitative estimate of drug-likeness (QED) is 0.506. The van der Waals surface area contributed by atoms with Gasteiger partial charge in [-0.2, -0.15) is 4.98 Å². The number of piperidine rings is 1. The van der Waals surface area contributed by atoms with E-state index in [0.29, 0.717) is 24.4 Å². The Morgan fingerprint density at radius 3 is 2.67 bits per heavy atom. The van der Waals surface area contributed by atoms with Gasteiger partial charge in [0.25, 0.3) is 5.92 Å². The first-order chi connectivity index (χ1) is 17.2. The molecule has 1 aliphatic carbocycles. The number of aromatic nitrogens is 3. The van der Waals surface area contributed by atoms with Crippen LogP contribution in [0.4, 0.5) is 14.8 Å². The number of carbonyl (C=O) groups excluding carboxylic acids is 1. The molecule has 2 unspecified atom stereocenters. The molecule has 5 rings (SSSR count). The van der Waals surface area contributed by atoms with E-state index in [-0.39, 0.29) is 18.2 Å². The van der Waals surface area contributed by atoms with Gasteiger partial charge in [0, 0.05) is 30.8 Å². The Bertz CT molecular complexity index is 1080. The van der Waals surface area contributed by atoms with Crippen molar-refractivity contribution in [2.45, 2.75) is 64.7 Å². The molecule has 0 aromatic carbocycles. The average Bonchev–Trinajstić information content (AvgIpc) is 3.41. The molecule has 10 heteroatoms. The highest BCUT2D eigenvalue weighted by molar-refractivity contribution is 5.79. The van der Waals surface area contributed by atoms with Gasteiger partial charge in [0.2, 0.25) is 11.8 Å². The maximum atomic E-state index is 13.0. The third-order valence-electron chi connectivity index (χ3n) is 7.71. The van der Waals surface area contributed by atoms with Crippen LogP contribution in [0, 0.1) is 24.7 Å². The zero-order chi connectivity index (χ0) is 25.4. The molecule has 0 radical (unpaired) electrons. The van der Waals surface area contributed by atoms with E-state index in [0.717, 1.165) is 61.1 Å². The van der Waals surface area contributed by atoms with E-state index in [1.807, 2.05) is 13.0 Å². The smallest absolute Gasteiger partial charge is 0.324 e. The highest BCUT2D eigenvalue weighted by Gasteiger charge is 2.46. The number of ether oxygens (including phenoxy) is 1. The van der Waals surface area contributed by atoms with Gasteiger partial charge in [0.1, 0.15) is 0 Å². The van der Waals surface area contributed by atoms with Crippen molar-refractivity contribution in [2.75, 3.05) is 37.7 Å². The van der Waals surface area contributed by atoms with Crippen molar-refractivity contribution >= 4 is 11.9 Å². The molecule has 2 atom stereocenters. The lowest BCUT2D eigenvalue weighted by molar-refractivity contribution is -0.165. The number of hydrogen-bond donors (Lipinski definition) is 0. The lowest BCUT2D eigenvalue weighted by atomic mass is 9.90. The molecule has 1 saturated carbocycles. The second kappa shape index (κ2) is 9.94. The summed E-state index contributed by atoms with van der Waals surface area (Å²) in [5.74, 6) is 0.774. The van der Waals surface area contributed by atoms with Crippen molar-refractivity contribution in [1.82, 2.24) is 20.0 Å². The van der Waals surface area contributed by atoms with Gasteiger partial charge >= 0.3 is 6.01 Å². The van der Waals surface area contributed by atoms with Crippen LogP contribution in [0.1, 0.15) is 62.4 Å². The maximum Gasteiger partial charge on any atom is 0.324 e. The van der Waals surface area contributed by atoms with Crippen LogP contribution in [0.15, 0.2) is 16.8 Å². The summed E-state index contributed by atoms with van der Waals surface area (Å²) in [7, 11) is 0. The molecule has 2 aliphatic heterocycles. The summed E-state index contributed by atoms with van der Waals surface area (Å²) in [6, 6.07) is 2.51.